The number of aryl methyl sites for hydroxylation is 1. The summed E-state index contributed by atoms with van der Waals surface area (Å²) in [5.41, 5.74) is 11.4. The van der Waals surface area contributed by atoms with Crippen molar-refractivity contribution < 1.29 is 5.11 Å². The molecule has 1 aliphatic rings. The van der Waals surface area contributed by atoms with Gasteiger partial charge in [0.15, 0.2) is 0 Å². The number of pyridine rings is 1. The monoisotopic (exact) mass is 374 g/mol. The fraction of sp³-hybridized carbons (Fsp3) is 0.261. The van der Waals surface area contributed by atoms with Crippen molar-refractivity contribution in [3.63, 3.8) is 0 Å². The molecule has 3 nitrogen and oxygen atoms in total. The number of hydrogen-bond donors (Lipinski definition) is 2. The van der Waals surface area contributed by atoms with Gasteiger partial charge in [-0.25, -0.2) is 0 Å². The molecular weight excluding hydrogens is 352 g/mol. The maximum absolute atomic E-state index is 10.8. The molecule has 5 rings (SSSR count). The molecule has 0 bridgehead atoms. The first-order chi connectivity index (χ1) is 13.1. The molecule has 4 heteroatoms. The normalized spacial score (nSPS) is 15.9. The van der Waals surface area contributed by atoms with E-state index in [4.69, 9.17) is 5.73 Å². The average molecular weight is 375 g/mol. The van der Waals surface area contributed by atoms with Crippen LogP contribution in [0.15, 0.2) is 48.0 Å². The van der Waals surface area contributed by atoms with Crippen LogP contribution in [0.4, 0.5) is 0 Å². The molecule has 2 heterocycles. The highest BCUT2D eigenvalue weighted by molar-refractivity contribution is 7.17. The van der Waals surface area contributed by atoms with Gasteiger partial charge in [-0.1, -0.05) is 30.7 Å². The number of nitrogens with zero attached hydrogens (tertiary/aromatic N) is 1. The summed E-state index contributed by atoms with van der Waals surface area (Å²) in [6.07, 6.45) is 5.52. The molecule has 4 aromatic rings. The lowest BCUT2D eigenvalue weighted by atomic mass is 9.64. The van der Waals surface area contributed by atoms with Crippen molar-refractivity contribution in [2.75, 3.05) is 6.54 Å². The van der Waals surface area contributed by atoms with E-state index < -0.39 is 0 Å². The molecule has 3 N–H and O–H groups in total. The largest absolute Gasteiger partial charge is 0.507 e. The van der Waals surface area contributed by atoms with Crippen molar-refractivity contribution in [1.29, 1.82) is 0 Å². The van der Waals surface area contributed by atoms with Gasteiger partial charge >= 0.3 is 0 Å². The first-order valence-corrected chi connectivity index (χ1v) is 10.3. The van der Waals surface area contributed by atoms with Crippen LogP contribution in [-0.2, 0) is 5.41 Å². The third kappa shape index (κ3) is 2.40. The molecule has 2 aromatic heterocycles. The Kier molecular flexibility index (Phi) is 3.74. The number of aromatic hydroxyl groups is 1. The molecule has 0 unspecified atom stereocenters. The smallest absolute Gasteiger partial charge is 0.124 e. The number of nitrogens with two attached hydrogens (primary N) is 1. The highest BCUT2D eigenvalue weighted by Gasteiger charge is 2.37. The van der Waals surface area contributed by atoms with Gasteiger partial charge in [0.05, 0.1) is 10.2 Å². The van der Waals surface area contributed by atoms with Crippen molar-refractivity contribution in [1.82, 2.24) is 4.98 Å². The van der Waals surface area contributed by atoms with E-state index in [1.807, 2.05) is 19.2 Å². The zero-order valence-electron chi connectivity index (χ0n) is 15.3. The number of thiophene rings is 1. The lowest BCUT2D eigenvalue weighted by Gasteiger charge is -2.41. The number of phenolic OH excluding ortho intramolecular Hbond substituents is 1. The Hall–Kier alpha value is -2.43. The van der Waals surface area contributed by atoms with E-state index in [-0.39, 0.29) is 5.41 Å². The fourth-order valence-electron chi connectivity index (χ4n) is 4.47. The van der Waals surface area contributed by atoms with E-state index in [0.717, 1.165) is 37.7 Å². The Morgan fingerprint density at radius 1 is 1.19 bits per heavy atom. The Morgan fingerprint density at radius 2 is 1.96 bits per heavy atom. The van der Waals surface area contributed by atoms with Crippen LogP contribution < -0.4 is 5.73 Å². The number of rotatable bonds is 3. The predicted octanol–water partition coefficient (Wildman–Crippen LogP) is 5.51. The molecule has 27 heavy (non-hydrogen) atoms. The van der Waals surface area contributed by atoms with E-state index in [1.165, 1.54) is 24.8 Å². The minimum atomic E-state index is 0.151. The molecule has 0 aliphatic heterocycles. The van der Waals surface area contributed by atoms with Gasteiger partial charge in [-0.15, -0.1) is 11.3 Å². The number of phenols is 1. The van der Waals surface area contributed by atoms with Crippen LogP contribution in [-0.4, -0.2) is 16.6 Å². The molecule has 0 amide bonds. The predicted molar refractivity (Wildman–Crippen MR) is 114 cm³/mol. The summed E-state index contributed by atoms with van der Waals surface area (Å²) in [5.74, 6) is 0.311. The van der Waals surface area contributed by atoms with Crippen molar-refractivity contribution in [3.8, 4) is 16.9 Å². The molecule has 1 aliphatic carbocycles. The summed E-state index contributed by atoms with van der Waals surface area (Å²) in [6, 6.07) is 12.6. The van der Waals surface area contributed by atoms with Crippen molar-refractivity contribution in [2.24, 2.45) is 5.73 Å². The summed E-state index contributed by atoms with van der Waals surface area (Å²) in [4.78, 5) is 4.68. The molecule has 1 saturated carbocycles. The van der Waals surface area contributed by atoms with Gasteiger partial charge in [0.1, 0.15) is 5.75 Å². The maximum Gasteiger partial charge on any atom is 0.124 e. The van der Waals surface area contributed by atoms with E-state index in [2.05, 4.69) is 40.7 Å². The number of fused-ring (bicyclic) bond motifs is 3. The van der Waals surface area contributed by atoms with Crippen LogP contribution >= 0.6 is 11.3 Å². The highest BCUT2D eigenvalue weighted by atomic mass is 32.1. The minimum absolute atomic E-state index is 0.151. The van der Waals surface area contributed by atoms with Crippen molar-refractivity contribution in [2.45, 2.75) is 31.6 Å². The van der Waals surface area contributed by atoms with Crippen LogP contribution in [0.25, 0.3) is 32.1 Å². The van der Waals surface area contributed by atoms with Crippen LogP contribution in [0.1, 0.15) is 30.4 Å². The Labute approximate surface area is 162 Å². The van der Waals surface area contributed by atoms with E-state index in [0.29, 0.717) is 12.3 Å². The number of benzene rings is 2. The zero-order chi connectivity index (χ0) is 18.6. The summed E-state index contributed by atoms with van der Waals surface area (Å²) in [6.45, 7) is 2.70. The van der Waals surface area contributed by atoms with Crippen molar-refractivity contribution in [3.05, 3.63) is 59.1 Å². The van der Waals surface area contributed by atoms with Gasteiger partial charge in [0, 0.05) is 34.5 Å². The SMILES string of the molecule is Cc1cc(O)c(-c2ccc(C3(CN)CCC3)cc2)c2c1ncc1sccc12. The topological polar surface area (TPSA) is 59.1 Å². The van der Waals surface area contributed by atoms with Crippen LogP contribution in [0.2, 0.25) is 0 Å². The number of hydrogen-bond acceptors (Lipinski definition) is 4. The Balaban J connectivity index is 1.74. The van der Waals surface area contributed by atoms with Gasteiger partial charge in [0.25, 0.3) is 0 Å². The summed E-state index contributed by atoms with van der Waals surface area (Å²) >= 11 is 1.68. The van der Waals surface area contributed by atoms with Crippen LogP contribution in [0.3, 0.4) is 0 Å². The van der Waals surface area contributed by atoms with Crippen LogP contribution in [0, 0.1) is 6.92 Å². The Bertz CT molecular complexity index is 1150. The maximum atomic E-state index is 10.8. The quantitative estimate of drug-likeness (QED) is 0.497. The second-order valence-corrected chi connectivity index (χ2v) is 8.63. The fourth-order valence-corrected chi connectivity index (χ4v) is 5.23. The summed E-state index contributed by atoms with van der Waals surface area (Å²) in [7, 11) is 0. The second-order valence-electron chi connectivity index (χ2n) is 7.68. The lowest BCUT2D eigenvalue weighted by molar-refractivity contribution is 0.253. The van der Waals surface area contributed by atoms with E-state index in [1.54, 1.807) is 11.3 Å². The standard InChI is InChI=1S/C23H22N2OS/c1-14-11-18(26)20(21-17-7-10-27-19(17)12-25-22(14)21)15-3-5-16(6-4-15)23(13-24)8-2-9-23/h3-7,10-12,26H,2,8-9,13,24H2,1H3. The summed E-state index contributed by atoms with van der Waals surface area (Å²) < 4.78 is 1.14. The van der Waals surface area contributed by atoms with Gasteiger partial charge in [-0.3, -0.25) is 4.98 Å². The zero-order valence-corrected chi connectivity index (χ0v) is 16.1. The lowest BCUT2D eigenvalue weighted by Crippen LogP contribution is -2.41. The molecule has 2 aromatic carbocycles. The van der Waals surface area contributed by atoms with E-state index in [9.17, 15) is 5.11 Å². The van der Waals surface area contributed by atoms with E-state index >= 15 is 0 Å². The average Bonchev–Trinajstić information content (AvgIpc) is 3.11. The third-order valence-electron chi connectivity index (χ3n) is 6.23. The first-order valence-electron chi connectivity index (χ1n) is 9.42. The molecule has 0 atom stereocenters. The molecule has 0 saturated heterocycles. The third-order valence-corrected chi connectivity index (χ3v) is 7.08. The van der Waals surface area contributed by atoms with Gasteiger partial charge < -0.3 is 10.8 Å². The highest BCUT2D eigenvalue weighted by Crippen LogP contribution is 2.45. The van der Waals surface area contributed by atoms with Gasteiger partial charge in [0.2, 0.25) is 0 Å². The molecule has 136 valence electrons. The van der Waals surface area contributed by atoms with Gasteiger partial charge in [-0.05, 0) is 54.0 Å². The molecule has 0 radical (unpaired) electrons. The van der Waals surface area contributed by atoms with Crippen LogP contribution in [0.5, 0.6) is 5.75 Å². The molecular formula is C23H22N2OS. The molecule has 1 fully saturated rings. The Morgan fingerprint density at radius 3 is 2.63 bits per heavy atom. The number of aromatic nitrogens is 1. The first kappa shape index (κ1) is 16.7. The summed E-state index contributed by atoms with van der Waals surface area (Å²) in [5, 5.41) is 15.1. The molecule has 0 spiro atoms. The minimum Gasteiger partial charge on any atom is -0.507 e. The van der Waals surface area contributed by atoms with Gasteiger partial charge in [-0.2, -0.15) is 0 Å². The second kappa shape index (κ2) is 6.04. The van der Waals surface area contributed by atoms with Crippen molar-refractivity contribution >= 4 is 32.3 Å².